The standard InChI is InChI=1S/C19H23N3O5/c1-11-16(17(22-27-11)12-5-3-2-4-6-12)19(26)21-14-9-13(10-15(14)24)18(25)20-7-8-23/h2-6,13-15,23-24H,7-10H2,1H3,(H,20,25)(H,21,26)/t13-,14-,15-/m0/s1. The lowest BCUT2D eigenvalue weighted by Gasteiger charge is -2.16. The molecule has 1 aromatic carbocycles. The van der Waals surface area contributed by atoms with Gasteiger partial charge in [0.05, 0.1) is 18.8 Å². The third-order valence-electron chi connectivity index (χ3n) is 4.76. The zero-order valence-corrected chi connectivity index (χ0v) is 15.0. The Bertz CT molecular complexity index is 805. The summed E-state index contributed by atoms with van der Waals surface area (Å²) < 4.78 is 5.21. The van der Waals surface area contributed by atoms with Crippen molar-refractivity contribution >= 4 is 11.8 Å². The van der Waals surface area contributed by atoms with Crippen LogP contribution >= 0.6 is 0 Å². The second-order valence-electron chi connectivity index (χ2n) is 6.66. The number of benzene rings is 1. The third-order valence-corrected chi connectivity index (χ3v) is 4.76. The Kier molecular flexibility index (Phi) is 5.88. The summed E-state index contributed by atoms with van der Waals surface area (Å²) >= 11 is 0. The molecule has 4 N–H and O–H groups in total. The molecule has 8 nitrogen and oxygen atoms in total. The van der Waals surface area contributed by atoms with E-state index in [9.17, 15) is 14.7 Å². The van der Waals surface area contributed by atoms with Crippen molar-refractivity contribution in [2.75, 3.05) is 13.2 Å². The molecule has 144 valence electrons. The van der Waals surface area contributed by atoms with E-state index in [0.29, 0.717) is 23.4 Å². The largest absolute Gasteiger partial charge is 0.395 e. The molecule has 1 aliphatic rings. The highest BCUT2D eigenvalue weighted by atomic mass is 16.5. The molecule has 8 heteroatoms. The lowest BCUT2D eigenvalue weighted by molar-refractivity contribution is -0.125. The molecule has 0 aliphatic heterocycles. The predicted octanol–water partition coefficient (Wildman–Crippen LogP) is 0.628. The fourth-order valence-electron chi connectivity index (χ4n) is 3.38. The summed E-state index contributed by atoms with van der Waals surface area (Å²) in [4.78, 5) is 24.8. The fourth-order valence-corrected chi connectivity index (χ4v) is 3.38. The highest BCUT2D eigenvalue weighted by Gasteiger charge is 2.38. The molecule has 0 unspecified atom stereocenters. The van der Waals surface area contributed by atoms with Crippen molar-refractivity contribution in [3.8, 4) is 11.3 Å². The number of aliphatic hydroxyl groups excluding tert-OH is 2. The summed E-state index contributed by atoms with van der Waals surface area (Å²) in [6.45, 7) is 1.68. The first-order chi connectivity index (χ1) is 13.0. The summed E-state index contributed by atoms with van der Waals surface area (Å²) in [6.07, 6.45) is -0.231. The molecule has 3 rings (SSSR count). The van der Waals surface area contributed by atoms with Crippen LogP contribution in [0, 0.1) is 12.8 Å². The zero-order chi connectivity index (χ0) is 19.4. The maximum absolute atomic E-state index is 12.8. The summed E-state index contributed by atoms with van der Waals surface area (Å²) in [5.41, 5.74) is 1.52. The average molecular weight is 373 g/mol. The molecule has 3 atom stereocenters. The van der Waals surface area contributed by atoms with Crippen LogP contribution in [0.15, 0.2) is 34.9 Å². The molecule has 2 amide bonds. The Morgan fingerprint density at radius 1 is 1.26 bits per heavy atom. The highest BCUT2D eigenvalue weighted by Crippen LogP contribution is 2.29. The molecule has 1 aromatic heterocycles. The van der Waals surface area contributed by atoms with Gasteiger partial charge in [0.1, 0.15) is 17.0 Å². The van der Waals surface area contributed by atoms with Crippen LogP contribution in [0.25, 0.3) is 11.3 Å². The predicted molar refractivity (Wildman–Crippen MR) is 96.8 cm³/mol. The SMILES string of the molecule is Cc1onc(-c2ccccc2)c1C(=O)N[C@H]1C[C@H](C(=O)NCCO)C[C@@H]1O. The maximum atomic E-state index is 12.8. The van der Waals surface area contributed by atoms with Crippen LogP contribution in [-0.2, 0) is 4.79 Å². The first-order valence-corrected chi connectivity index (χ1v) is 8.90. The van der Waals surface area contributed by atoms with Gasteiger partial charge in [-0.3, -0.25) is 9.59 Å². The zero-order valence-electron chi connectivity index (χ0n) is 15.0. The number of aliphatic hydroxyl groups is 2. The van der Waals surface area contributed by atoms with Gasteiger partial charge in [-0.05, 0) is 19.8 Å². The van der Waals surface area contributed by atoms with Gasteiger partial charge in [-0.15, -0.1) is 0 Å². The van der Waals surface area contributed by atoms with Crippen molar-refractivity contribution in [1.29, 1.82) is 0 Å². The number of aromatic nitrogens is 1. The number of hydrogen-bond acceptors (Lipinski definition) is 6. The van der Waals surface area contributed by atoms with E-state index in [2.05, 4.69) is 15.8 Å². The lowest BCUT2D eigenvalue weighted by atomic mass is 10.0. The van der Waals surface area contributed by atoms with Gasteiger partial charge in [-0.1, -0.05) is 35.5 Å². The summed E-state index contributed by atoms with van der Waals surface area (Å²) in [7, 11) is 0. The van der Waals surface area contributed by atoms with E-state index in [1.165, 1.54) is 0 Å². The Labute approximate surface area is 156 Å². The van der Waals surface area contributed by atoms with Crippen LogP contribution in [-0.4, -0.2) is 52.5 Å². The van der Waals surface area contributed by atoms with E-state index in [1.807, 2.05) is 30.3 Å². The van der Waals surface area contributed by atoms with Crippen LogP contribution in [0.5, 0.6) is 0 Å². The second-order valence-corrected chi connectivity index (χ2v) is 6.66. The van der Waals surface area contributed by atoms with Crippen molar-refractivity contribution in [3.05, 3.63) is 41.7 Å². The molecule has 27 heavy (non-hydrogen) atoms. The first kappa shape index (κ1) is 19.1. The van der Waals surface area contributed by atoms with Gasteiger partial charge in [-0.25, -0.2) is 0 Å². The molecule has 1 aliphatic carbocycles. The maximum Gasteiger partial charge on any atom is 0.257 e. The van der Waals surface area contributed by atoms with Gasteiger partial charge in [0.15, 0.2) is 0 Å². The number of carbonyl (C=O) groups excluding carboxylic acids is 2. The minimum atomic E-state index is -0.820. The van der Waals surface area contributed by atoms with Crippen molar-refractivity contribution in [1.82, 2.24) is 15.8 Å². The Morgan fingerprint density at radius 2 is 2.00 bits per heavy atom. The Hall–Kier alpha value is -2.71. The molecule has 1 heterocycles. The number of hydrogen-bond donors (Lipinski definition) is 4. The van der Waals surface area contributed by atoms with Crippen molar-refractivity contribution < 1.29 is 24.3 Å². The molecule has 0 saturated heterocycles. The van der Waals surface area contributed by atoms with Gasteiger partial charge in [0.25, 0.3) is 5.91 Å². The summed E-state index contributed by atoms with van der Waals surface area (Å²) in [5, 5.41) is 28.4. The molecular weight excluding hydrogens is 350 g/mol. The monoisotopic (exact) mass is 373 g/mol. The number of rotatable bonds is 6. The number of aryl methyl sites for hydroxylation is 1. The normalized spacial score (nSPS) is 21.8. The highest BCUT2D eigenvalue weighted by molar-refractivity contribution is 6.01. The Morgan fingerprint density at radius 3 is 2.70 bits per heavy atom. The van der Waals surface area contributed by atoms with E-state index in [1.54, 1.807) is 6.92 Å². The minimum absolute atomic E-state index is 0.143. The lowest BCUT2D eigenvalue weighted by Crippen LogP contribution is -2.40. The smallest absolute Gasteiger partial charge is 0.257 e. The average Bonchev–Trinajstić information content (AvgIpc) is 3.23. The van der Waals surface area contributed by atoms with E-state index in [0.717, 1.165) is 5.56 Å². The molecule has 0 spiro atoms. The molecule has 1 saturated carbocycles. The van der Waals surface area contributed by atoms with Gasteiger partial charge in [0, 0.05) is 18.0 Å². The summed E-state index contributed by atoms with van der Waals surface area (Å²) in [5.74, 6) is -0.649. The number of nitrogens with one attached hydrogen (secondary N) is 2. The van der Waals surface area contributed by atoms with Crippen molar-refractivity contribution in [2.24, 2.45) is 5.92 Å². The van der Waals surface area contributed by atoms with Crippen molar-refractivity contribution in [2.45, 2.75) is 31.9 Å². The van der Waals surface area contributed by atoms with Crippen LogP contribution < -0.4 is 10.6 Å². The van der Waals surface area contributed by atoms with E-state index >= 15 is 0 Å². The van der Waals surface area contributed by atoms with E-state index < -0.39 is 24.0 Å². The number of nitrogens with zero attached hydrogens (tertiary/aromatic N) is 1. The van der Waals surface area contributed by atoms with Crippen LogP contribution in [0.3, 0.4) is 0 Å². The van der Waals surface area contributed by atoms with Crippen LogP contribution in [0.4, 0.5) is 0 Å². The molecule has 1 fully saturated rings. The number of carbonyl (C=O) groups is 2. The van der Waals surface area contributed by atoms with Gasteiger partial charge in [0.2, 0.25) is 5.91 Å². The van der Waals surface area contributed by atoms with Gasteiger partial charge in [-0.2, -0.15) is 0 Å². The second kappa shape index (κ2) is 8.32. The summed E-state index contributed by atoms with van der Waals surface area (Å²) in [6, 6.07) is 8.68. The first-order valence-electron chi connectivity index (χ1n) is 8.90. The topological polar surface area (TPSA) is 125 Å². The molecule has 2 aromatic rings. The van der Waals surface area contributed by atoms with Gasteiger partial charge >= 0.3 is 0 Å². The Balaban J connectivity index is 1.71. The van der Waals surface area contributed by atoms with Gasteiger partial charge < -0.3 is 25.4 Å². The molecular formula is C19H23N3O5. The number of amides is 2. The van der Waals surface area contributed by atoms with Crippen molar-refractivity contribution in [3.63, 3.8) is 0 Å². The van der Waals surface area contributed by atoms with E-state index in [4.69, 9.17) is 9.63 Å². The van der Waals surface area contributed by atoms with Crippen LogP contribution in [0.2, 0.25) is 0 Å². The quantitative estimate of drug-likeness (QED) is 0.589. The van der Waals surface area contributed by atoms with E-state index in [-0.39, 0.29) is 25.5 Å². The molecule has 0 radical (unpaired) electrons. The van der Waals surface area contributed by atoms with Crippen LogP contribution in [0.1, 0.15) is 29.0 Å². The molecule has 0 bridgehead atoms. The fraction of sp³-hybridized carbons (Fsp3) is 0.421. The third kappa shape index (κ3) is 4.17. The minimum Gasteiger partial charge on any atom is -0.395 e.